The van der Waals surface area contributed by atoms with Crippen molar-refractivity contribution < 1.29 is 4.74 Å². The molecule has 0 aliphatic carbocycles. The molecule has 3 nitrogen and oxygen atoms in total. The molecule has 96 valence electrons. The van der Waals surface area contributed by atoms with Crippen LogP contribution in [0.15, 0.2) is 18.2 Å². The predicted molar refractivity (Wildman–Crippen MR) is 72.5 cm³/mol. The molecule has 0 saturated carbocycles. The van der Waals surface area contributed by atoms with Gasteiger partial charge in [-0.3, -0.25) is 0 Å². The smallest absolute Gasteiger partial charge is 0.123 e. The molecule has 1 aromatic carbocycles. The summed E-state index contributed by atoms with van der Waals surface area (Å²) in [5, 5.41) is 4.12. The lowest BCUT2D eigenvalue weighted by atomic mass is 10.1. The van der Waals surface area contributed by atoms with Crippen molar-refractivity contribution in [3.8, 4) is 5.75 Å². The Morgan fingerprint density at radius 1 is 1.47 bits per heavy atom. The molecule has 0 saturated heterocycles. The van der Waals surface area contributed by atoms with Gasteiger partial charge < -0.3 is 15.8 Å². The summed E-state index contributed by atoms with van der Waals surface area (Å²) in [5.74, 6) is 1.39. The Morgan fingerprint density at radius 2 is 2.24 bits per heavy atom. The van der Waals surface area contributed by atoms with Crippen LogP contribution < -0.4 is 15.8 Å². The molecule has 3 N–H and O–H groups in total. The third-order valence-corrected chi connectivity index (χ3v) is 3.14. The first-order valence-electron chi connectivity index (χ1n) is 5.94. The van der Waals surface area contributed by atoms with E-state index in [-0.39, 0.29) is 0 Å². The lowest BCUT2D eigenvalue weighted by molar-refractivity contribution is 0.404. The zero-order valence-corrected chi connectivity index (χ0v) is 11.3. The van der Waals surface area contributed by atoms with Crippen LogP contribution in [-0.4, -0.2) is 20.2 Å². The number of methoxy groups -OCH3 is 1. The summed E-state index contributed by atoms with van der Waals surface area (Å²) in [6.07, 6.45) is 1.09. The van der Waals surface area contributed by atoms with Crippen LogP contribution in [0.3, 0.4) is 0 Å². The number of nitrogens with two attached hydrogens (primary N) is 1. The Bertz CT molecular complexity index is 340. The topological polar surface area (TPSA) is 47.3 Å². The van der Waals surface area contributed by atoms with Crippen molar-refractivity contribution in [3.05, 3.63) is 28.8 Å². The Kier molecular flexibility index (Phi) is 6.34. The van der Waals surface area contributed by atoms with Crippen LogP contribution in [-0.2, 0) is 6.54 Å². The normalized spacial score (nSPS) is 12.5. The maximum absolute atomic E-state index is 5.97. The van der Waals surface area contributed by atoms with Gasteiger partial charge >= 0.3 is 0 Å². The van der Waals surface area contributed by atoms with E-state index in [2.05, 4.69) is 12.2 Å². The summed E-state index contributed by atoms with van der Waals surface area (Å²) in [5.41, 5.74) is 6.73. The van der Waals surface area contributed by atoms with Crippen LogP contribution in [0.1, 0.15) is 18.9 Å². The minimum Gasteiger partial charge on any atom is -0.496 e. The SMILES string of the molecule is CCC(CN)CNCc1cc(Cl)ccc1OC. The van der Waals surface area contributed by atoms with E-state index < -0.39 is 0 Å². The fraction of sp³-hybridized carbons (Fsp3) is 0.538. The van der Waals surface area contributed by atoms with E-state index in [0.29, 0.717) is 5.92 Å². The molecule has 1 atom stereocenters. The first-order chi connectivity index (χ1) is 8.21. The Labute approximate surface area is 108 Å². The molecule has 0 heterocycles. The minimum absolute atomic E-state index is 0.528. The quantitative estimate of drug-likeness (QED) is 0.788. The first-order valence-corrected chi connectivity index (χ1v) is 6.32. The summed E-state index contributed by atoms with van der Waals surface area (Å²) in [6, 6.07) is 5.65. The maximum Gasteiger partial charge on any atom is 0.123 e. The summed E-state index contributed by atoms with van der Waals surface area (Å²) in [6.45, 7) is 4.54. The molecule has 0 aliphatic heterocycles. The molecule has 1 aromatic rings. The first kappa shape index (κ1) is 14.3. The molecule has 4 heteroatoms. The zero-order chi connectivity index (χ0) is 12.7. The lowest BCUT2D eigenvalue weighted by Crippen LogP contribution is -2.27. The second kappa shape index (κ2) is 7.54. The highest BCUT2D eigenvalue weighted by molar-refractivity contribution is 6.30. The molecule has 0 aromatic heterocycles. The summed E-state index contributed by atoms with van der Waals surface area (Å²) in [4.78, 5) is 0. The fourth-order valence-electron chi connectivity index (χ4n) is 1.69. The molecule has 17 heavy (non-hydrogen) atoms. The van der Waals surface area contributed by atoms with Crippen molar-refractivity contribution in [2.24, 2.45) is 11.7 Å². The highest BCUT2D eigenvalue weighted by atomic mass is 35.5. The molecule has 0 amide bonds. The van der Waals surface area contributed by atoms with Crippen LogP contribution >= 0.6 is 11.6 Å². The highest BCUT2D eigenvalue weighted by Gasteiger charge is 2.06. The monoisotopic (exact) mass is 256 g/mol. The maximum atomic E-state index is 5.97. The van der Waals surface area contributed by atoms with Crippen molar-refractivity contribution in [1.29, 1.82) is 0 Å². The summed E-state index contributed by atoms with van der Waals surface area (Å²) < 4.78 is 5.29. The van der Waals surface area contributed by atoms with E-state index in [4.69, 9.17) is 22.1 Å². The van der Waals surface area contributed by atoms with E-state index in [1.807, 2.05) is 18.2 Å². The van der Waals surface area contributed by atoms with Crippen LogP contribution in [0.5, 0.6) is 5.75 Å². The van der Waals surface area contributed by atoms with E-state index in [1.54, 1.807) is 7.11 Å². The van der Waals surface area contributed by atoms with Gasteiger partial charge in [0.05, 0.1) is 7.11 Å². The molecule has 0 bridgehead atoms. The van der Waals surface area contributed by atoms with Crippen LogP contribution in [0.25, 0.3) is 0 Å². The van der Waals surface area contributed by atoms with Gasteiger partial charge in [-0.15, -0.1) is 0 Å². The lowest BCUT2D eigenvalue weighted by Gasteiger charge is -2.14. The molecule has 0 fully saturated rings. The number of ether oxygens (including phenoxy) is 1. The largest absolute Gasteiger partial charge is 0.496 e. The molecular formula is C13H21ClN2O. The van der Waals surface area contributed by atoms with Crippen molar-refractivity contribution in [1.82, 2.24) is 5.32 Å². The van der Waals surface area contributed by atoms with Crippen molar-refractivity contribution in [2.75, 3.05) is 20.2 Å². The van der Waals surface area contributed by atoms with Gasteiger partial charge in [0.25, 0.3) is 0 Å². The van der Waals surface area contributed by atoms with Crippen molar-refractivity contribution in [2.45, 2.75) is 19.9 Å². The van der Waals surface area contributed by atoms with E-state index in [9.17, 15) is 0 Å². The third kappa shape index (κ3) is 4.54. The van der Waals surface area contributed by atoms with Gasteiger partial charge in [0.1, 0.15) is 5.75 Å². The van der Waals surface area contributed by atoms with E-state index >= 15 is 0 Å². The number of benzene rings is 1. The average Bonchev–Trinajstić information content (AvgIpc) is 2.35. The molecule has 0 spiro atoms. The molecule has 1 rings (SSSR count). The summed E-state index contributed by atoms with van der Waals surface area (Å²) in [7, 11) is 1.67. The van der Waals surface area contributed by atoms with E-state index in [1.165, 1.54) is 0 Å². The van der Waals surface area contributed by atoms with Gasteiger partial charge in [0.15, 0.2) is 0 Å². The van der Waals surface area contributed by atoms with Crippen LogP contribution in [0, 0.1) is 5.92 Å². The van der Waals surface area contributed by atoms with Gasteiger partial charge in [0.2, 0.25) is 0 Å². The third-order valence-electron chi connectivity index (χ3n) is 2.90. The second-order valence-electron chi connectivity index (χ2n) is 4.10. The molecule has 0 radical (unpaired) electrons. The Morgan fingerprint density at radius 3 is 2.82 bits per heavy atom. The van der Waals surface area contributed by atoms with Crippen molar-refractivity contribution in [3.63, 3.8) is 0 Å². The predicted octanol–water partition coefficient (Wildman–Crippen LogP) is 2.42. The average molecular weight is 257 g/mol. The zero-order valence-electron chi connectivity index (χ0n) is 10.5. The number of halogens is 1. The minimum atomic E-state index is 0.528. The van der Waals surface area contributed by atoms with Gasteiger partial charge in [-0.1, -0.05) is 24.9 Å². The molecule has 0 aliphatic rings. The Balaban J connectivity index is 2.53. The van der Waals surface area contributed by atoms with Crippen LogP contribution in [0.4, 0.5) is 0 Å². The summed E-state index contributed by atoms with van der Waals surface area (Å²) >= 11 is 5.97. The van der Waals surface area contributed by atoms with Gasteiger partial charge in [-0.25, -0.2) is 0 Å². The standard InChI is InChI=1S/C13H21ClN2O/c1-3-10(7-15)8-16-9-11-6-12(14)4-5-13(11)17-2/h4-6,10,16H,3,7-9,15H2,1-2H3. The Hall–Kier alpha value is -0.770. The molecule has 1 unspecified atom stereocenters. The number of hydrogen-bond donors (Lipinski definition) is 2. The number of hydrogen-bond acceptors (Lipinski definition) is 3. The number of rotatable bonds is 7. The fourth-order valence-corrected chi connectivity index (χ4v) is 1.89. The number of nitrogens with one attached hydrogen (secondary N) is 1. The highest BCUT2D eigenvalue weighted by Crippen LogP contribution is 2.22. The van der Waals surface area contributed by atoms with Crippen molar-refractivity contribution >= 4 is 11.6 Å². The van der Waals surface area contributed by atoms with Crippen LogP contribution in [0.2, 0.25) is 5.02 Å². The van der Waals surface area contributed by atoms with Gasteiger partial charge in [0, 0.05) is 17.1 Å². The second-order valence-corrected chi connectivity index (χ2v) is 4.53. The molecular weight excluding hydrogens is 236 g/mol. The van der Waals surface area contributed by atoms with Gasteiger partial charge in [-0.2, -0.15) is 0 Å². The van der Waals surface area contributed by atoms with Gasteiger partial charge in [-0.05, 0) is 37.2 Å². The van der Waals surface area contributed by atoms with E-state index in [0.717, 1.165) is 42.4 Å².